The molecule has 1 unspecified atom stereocenters. The van der Waals surface area contributed by atoms with Crippen LogP contribution in [0.1, 0.15) is 33.1 Å². The van der Waals surface area contributed by atoms with Crippen LogP contribution in [0.15, 0.2) is 34.1 Å². The van der Waals surface area contributed by atoms with E-state index in [2.05, 4.69) is 0 Å². The number of sulfonamides is 3. The zero-order valence-corrected chi connectivity index (χ0v) is 19.7. The van der Waals surface area contributed by atoms with Gasteiger partial charge >= 0.3 is 0 Å². The van der Waals surface area contributed by atoms with E-state index < -0.39 is 30.1 Å². The van der Waals surface area contributed by atoms with Gasteiger partial charge in [0.1, 0.15) is 0 Å². The van der Waals surface area contributed by atoms with Crippen LogP contribution in [0, 0.1) is 0 Å². The van der Waals surface area contributed by atoms with E-state index in [0.717, 1.165) is 19.3 Å². The highest BCUT2D eigenvalue weighted by Crippen LogP contribution is 2.27. The van der Waals surface area contributed by atoms with Gasteiger partial charge in [0, 0.05) is 38.8 Å². The van der Waals surface area contributed by atoms with Crippen molar-refractivity contribution in [3.05, 3.63) is 24.3 Å². The van der Waals surface area contributed by atoms with E-state index in [1.54, 1.807) is 6.92 Å². The van der Waals surface area contributed by atoms with Crippen LogP contribution in [0.2, 0.25) is 0 Å². The molecule has 1 atom stereocenters. The topological polar surface area (TPSA) is 112 Å². The molecule has 9 nitrogen and oxygen atoms in total. The van der Waals surface area contributed by atoms with Crippen LogP contribution < -0.4 is 0 Å². The summed E-state index contributed by atoms with van der Waals surface area (Å²) in [6.07, 6.45) is 2.62. The van der Waals surface area contributed by atoms with Crippen molar-refractivity contribution >= 4 is 30.1 Å². The smallest absolute Gasteiger partial charge is 0.212 e. The lowest BCUT2D eigenvalue weighted by atomic mass is 10.1. The van der Waals surface area contributed by atoms with Gasteiger partial charge in [-0.15, -0.1) is 0 Å². The highest BCUT2D eigenvalue weighted by Gasteiger charge is 2.34. The summed E-state index contributed by atoms with van der Waals surface area (Å²) in [5.41, 5.74) is 0. The molecule has 0 radical (unpaired) electrons. The number of hydrogen-bond acceptors (Lipinski definition) is 6. The lowest BCUT2D eigenvalue weighted by Gasteiger charge is -2.33. The van der Waals surface area contributed by atoms with Crippen LogP contribution in [-0.4, -0.2) is 82.7 Å². The molecule has 0 saturated carbocycles. The maximum atomic E-state index is 12.9. The minimum Gasteiger partial charge on any atom is -0.212 e. The lowest BCUT2D eigenvalue weighted by molar-refractivity contribution is 0.268. The van der Waals surface area contributed by atoms with Gasteiger partial charge in [0.05, 0.1) is 15.5 Å². The number of piperazine rings is 1. The zero-order chi connectivity index (χ0) is 22.2. The average molecular weight is 480 g/mol. The van der Waals surface area contributed by atoms with Crippen LogP contribution in [0.4, 0.5) is 0 Å². The second-order valence-electron chi connectivity index (χ2n) is 7.64. The van der Waals surface area contributed by atoms with Gasteiger partial charge in [0.25, 0.3) is 0 Å². The largest absolute Gasteiger partial charge is 0.243 e. The fraction of sp³-hybridized carbons (Fsp3) is 0.667. The Labute approximate surface area is 179 Å². The third kappa shape index (κ3) is 4.58. The molecule has 2 aliphatic heterocycles. The monoisotopic (exact) mass is 479 g/mol. The van der Waals surface area contributed by atoms with Gasteiger partial charge in [0.2, 0.25) is 30.1 Å². The highest BCUT2D eigenvalue weighted by molar-refractivity contribution is 7.90. The van der Waals surface area contributed by atoms with E-state index in [0.29, 0.717) is 6.54 Å². The maximum Gasteiger partial charge on any atom is 0.243 e. The van der Waals surface area contributed by atoms with Gasteiger partial charge in [-0.25, -0.2) is 25.3 Å². The summed E-state index contributed by atoms with van der Waals surface area (Å²) < 4.78 is 79.6. The van der Waals surface area contributed by atoms with Crippen LogP contribution in [-0.2, 0) is 30.1 Å². The Morgan fingerprint density at radius 1 is 0.767 bits per heavy atom. The van der Waals surface area contributed by atoms with Gasteiger partial charge in [-0.1, -0.05) is 6.42 Å². The Hall–Kier alpha value is -1.05. The van der Waals surface area contributed by atoms with Crippen molar-refractivity contribution < 1.29 is 25.3 Å². The predicted molar refractivity (Wildman–Crippen MR) is 113 cm³/mol. The van der Waals surface area contributed by atoms with Gasteiger partial charge < -0.3 is 0 Å². The summed E-state index contributed by atoms with van der Waals surface area (Å²) in [6.45, 7) is 4.24. The molecule has 2 fully saturated rings. The highest BCUT2D eigenvalue weighted by atomic mass is 32.2. The number of hydrogen-bond donors (Lipinski definition) is 0. The molecule has 0 aliphatic carbocycles. The first kappa shape index (κ1) is 23.6. The molecular formula is C18H29N3O6S3. The zero-order valence-electron chi connectivity index (χ0n) is 17.3. The van der Waals surface area contributed by atoms with Crippen molar-refractivity contribution in [1.82, 2.24) is 12.9 Å². The molecule has 0 amide bonds. The van der Waals surface area contributed by atoms with Gasteiger partial charge in [-0.05, 0) is 51.0 Å². The lowest BCUT2D eigenvalue weighted by Crippen LogP contribution is -2.50. The molecule has 30 heavy (non-hydrogen) atoms. The second kappa shape index (κ2) is 8.83. The first-order valence-electron chi connectivity index (χ1n) is 10.1. The molecule has 2 aliphatic rings. The Bertz CT molecular complexity index is 1060. The first-order valence-corrected chi connectivity index (χ1v) is 14.6. The number of benzene rings is 1. The summed E-state index contributed by atoms with van der Waals surface area (Å²) in [7, 11) is -10.9. The van der Waals surface area contributed by atoms with Crippen molar-refractivity contribution in [2.45, 2.75) is 48.9 Å². The van der Waals surface area contributed by atoms with Crippen molar-refractivity contribution in [2.75, 3.05) is 38.5 Å². The molecule has 3 rings (SSSR count). The second-order valence-corrected chi connectivity index (χ2v) is 13.7. The van der Waals surface area contributed by atoms with E-state index >= 15 is 0 Å². The molecule has 0 spiro atoms. The van der Waals surface area contributed by atoms with E-state index in [1.807, 2.05) is 6.92 Å². The first-order chi connectivity index (χ1) is 14.0. The van der Waals surface area contributed by atoms with Crippen LogP contribution >= 0.6 is 0 Å². The van der Waals surface area contributed by atoms with Crippen LogP contribution in [0.3, 0.4) is 0 Å². The van der Waals surface area contributed by atoms with Crippen LogP contribution in [0.25, 0.3) is 0 Å². The summed E-state index contributed by atoms with van der Waals surface area (Å²) in [6, 6.07) is 5.21. The minimum atomic E-state index is -3.83. The SMILES string of the molecule is CCS(=O)(=O)N1CCN(S(=O)(=O)c2ccc(S(=O)(=O)N3CCCCC3C)cc2)CC1. The van der Waals surface area contributed by atoms with Gasteiger partial charge in [-0.2, -0.15) is 12.9 Å². The third-order valence-corrected chi connectivity index (χ3v) is 11.6. The normalized spacial score (nSPS) is 23.5. The van der Waals surface area contributed by atoms with Gasteiger partial charge in [-0.3, -0.25) is 0 Å². The molecule has 0 N–H and O–H groups in total. The number of rotatable bonds is 6. The maximum absolute atomic E-state index is 12.9. The molecule has 2 heterocycles. The summed E-state index contributed by atoms with van der Waals surface area (Å²) in [5, 5.41) is 0. The molecule has 0 aromatic heterocycles. The number of nitrogens with zero attached hydrogens (tertiary/aromatic N) is 3. The van der Waals surface area contributed by atoms with Crippen molar-refractivity contribution in [2.24, 2.45) is 0 Å². The molecule has 12 heteroatoms. The van der Waals surface area contributed by atoms with E-state index in [-0.39, 0.29) is 47.8 Å². The Balaban J connectivity index is 1.76. The van der Waals surface area contributed by atoms with E-state index in [9.17, 15) is 25.3 Å². The fourth-order valence-corrected chi connectivity index (χ4v) is 8.07. The molecule has 0 bridgehead atoms. The molecule has 2 saturated heterocycles. The van der Waals surface area contributed by atoms with Crippen molar-refractivity contribution in [3.8, 4) is 0 Å². The summed E-state index contributed by atoms with van der Waals surface area (Å²) in [5.74, 6) is -0.0225. The predicted octanol–water partition coefficient (Wildman–Crippen LogP) is 0.906. The molecular weight excluding hydrogens is 450 g/mol. The molecule has 1 aromatic carbocycles. The summed E-state index contributed by atoms with van der Waals surface area (Å²) >= 11 is 0. The van der Waals surface area contributed by atoms with Crippen molar-refractivity contribution in [1.29, 1.82) is 0 Å². The molecule has 1 aromatic rings. The van der Waals surface area contributed by atoms with Crippen molar-refractivity contribution in [3.63, 3.8) is 0 Å². The Kier molecular flexibility index (Phi) is 6.95. The minimum absolute atomic E-state index is 0.0000544. The van der Waals surface area contributed by atoms with Gasteiger partial charge in [0.15, 0.2) is 0 Å². The number of piperidine rings is 1. The third-order valence-electron chi connectivity index (χ3n) is 5.77. The quantitative estimate of drug-likeness (QED) is 0.599. The molecule has 170 valence electrons. The Morgan fingerprint density at radius 3 is 1.77 bits per heavy atom. The summed E-state index contributed by atoms with van der Waals surface area (Å²) in [4.78, 5) is 0.0778. The van der Waals surface area contributed by atoms with E-state index in [1.165, 1.54) is 37.2 Å². The van der Waals surface area contributed by atoms with Crippen LogP contribution in [0.5, 0.6) is 0 Å². The average Bonchev–Trinajstić information content (AvgIpc) is 2.74. The Morgan fingerprint density at radius 2 is 1.27 bits per heavy atom. The fourth-order valence-electron chi connectivity index (χ4n) is 3.87. The van der Waals surface area contributed by atoms with E-state index in [4.69, 9.17) is 0 Å². The standard InChI is InChI=1S/C18H29N3O6S3/c1-3-28(22,23)19-12-14-20(15-13-19)29(24,25)17-7-9-18(10-8-17)30(26,27)21-11-5-4-6-16(21)2/h7-10,16H,3-6,11-15H2,1-2H3.